The molecule has 1 aromatic heterocycles. The summed E-state index contributed by atoms with van der Waals surface area (Å²) in [5.74, 6) is 0. The van der Waals surface area contributed by atoms with E-state index in [0.29, 0.717) is 25.4 Å². The summed E-state index contributed by atoms with van der Waals surface area (Å²) >= 11 is 1.57. The Kier molecular flexibility index (Phi) is 4.28. The third-order valence-electron chi connectivity index (χ3n) is 3.72. The highest BCUT2D eigenvalue weighted by Crippen LogP contribution is 2.36. The summed E-state index contributed by atoms with van der Waals surface area (Å²) in [5, 5.41) is 10.8. The minimum atomic E-state index is -4.54. The summed E-state index contributed by atoms with van der Waals surface area (Å²) in [5.41, 5.74) is -0.790. The Bertz CT molecular complexity index is 722. The van der Waals surface area contributed by atoms with E-state index >= 15 is 0 Å². The third-order valence-corrected chi connectivity index (χ3v) is 4.69. The average molecular weight is 338 g/mol. The fourth-order valence-corrected chi connectivity index (χ4v) is 3.36. The first kappa shape index (κ1) is 15.8. The number of ether oxygens (including phenoxy) is 1. The van der Waals surface area contributed by atoms with Gasteiger partial charge in [-0.1, -0.05) is 6.07 Å². The van der Waals surface area contributed by atoms with Crippen molar-refractivity contribution in [3.63, 3.8) is 0 Å². The number of nitriles is 1. The highest BCUT2D eigenvalue weighted by atomic mass is 32.1. The first-order valence-electron chi connectivity index (χ1n) is 7.00. The van der Waals surface area contributed by atoms with E-state index in [0.717, 1.165) is 10.9 Å². The summed E-state index contributed by atoms with van der Waals surface area (Å²) < 4.78 is 45.0. The number of anilines is 1. The lowest BCUT2D eigenvalue weighted by Gasteiger charge is -2.34. The van der Waals surface area contributed by atoms with E-state index in [-0.39, 0.29) is 11.7 Å². The molecule has 1 aliphatic rings. The van der Waals surface area contributed by atoms with Crippen molar-refractivity contribution in [3.05, 3.63) is 51.7 Å². The van der Waals surface area contributed by atoms with E-state index < -0.39 is 11.7 Å². The molecule has 2 heterocycles. The van der Waals surface area contributed by atoms with Gasteiger partial charge in [0.2, 0.25) is 0 Å². The van der Waals surface area contributed by atoms with Gasteiger partial charge in [-0.3, -0.25) is 0 Å². The van der Waals surface area contributed by atoms with Gasteiger partial charge in [-0.15, -0.1) is 11.3 Å². The van der Waals surface area contributed by atoms with Crippen LogP contribution in [0.2, 0.25) is 0 Å². The molecule has 0 bridgehead atoms. The highest BCUT2D eigenvalue weighted by Gasteiger charge is 2.34. The number of benzene rings is 1. The molecule has 0 N–H and O–H groups in total. The van der Waals surface area contributed by atoms with Crippen molar-refractivity contribution < 1.29 is 17.9 Å². The SMILES string of the molecule is N#Cc1ccc(N2CCOC(c3cccs3)C2)cc1C(F)(F)F. The van der Waals surface area contributed by atoms with Crippen LogP contribution in [0.25, 0.3) is 0 Å². The number of hydrogen-bond acceptors (Lipinski definition) is 4. The summed E-state index contributed by atoms with van der Waals surface area (Å²) in [6.07, 6.45) is -4.69. The van der Waals surface area contributed by atoms with E-state index in [1.165, 1.54) is 6.07 Å². The minimum absolute atomic E-state index is 0.145. The molecule has 3 rings (SSSR count). The van der Waals surface area contributed by atoms with Crippen LogP contribution in [0.1, 0.15) is 22.1 Å². The van der Waals surface area contributed by atoms with Crippen LogP contribution < -0.4 is 4.90 Å². The Labute approximate surface area is 135 Å². The molecule has 7 heteroatoms. The lowest BCUT2D eigenvalue weighted by Crippen LogP contribution is -2.38. The molecule has 1 fully saturated rings. The number of morpholine rings is 1. The monoisotopic (exact) mass is 338 g/mol. The topological polar surface area (TPSA) is 36.3 Å². The molecule has 0 amide bonds. The smallest absolute Gasteiger partial charge is 0.369 e. The van der Waals surface area contributed by atoms with Crippen LogP contribution in [-0.4, -0.2) is 19.7 Å². The summed E-state index contributed by atoms with van der Waals surface area (Å²) in [6, 6.07) is 9.32. The van der Waals surface area contributed by atoms with Crippen LogP contribution in [0.4, 0.5) is 18.9 Å². The molecule has 1 unspecified atom stereocenters. The highest BCUT2D eigenvalue weighted by molar-refractivity contribution is 7.10. The second kappa shape index (κ2) is 6.22. The van der Waals surface area contributed by atoms with Gasteiger partial charge in [-0.25, -0.2) is 0 Å². The van der Waals surface area contributed by atoms with Gasteiger partial charge < -0.3 is 9.64 Å². The number of nitrogens with zero attached hydrogens (tertiary/aromatic N) is 2. The molecular weight excluding hydrogens is 325 g/mol. The van der Waals surface area contributed by atoms with Gasteiger partial charge in [0, 0.05) is 23.7 Å². The van der Waals surface area contributed by atoms with Crippen molar-refractivity contribution in [3.8, 4) is 6.07 Å². The van der Waals surface area contributed by atoms with Crippen molar-refractivity contribution in [1.82, 2.24) is 0 Å². The number of alkyl halides is 3. The quantitative estimate of drug-likeness (QED) is 0.823. The molecule has 120 valence electrons. The first-order chi connectivity index (χ1) is 11.0. The summed E-state index contributed by atoms with van der Waals surface area (Å²) in [6.45, 7) is 1.46. The van der Waals surface area contributed by atoms with Crippen LogP contribution >= 0.6 is 11.3 Å². The number of hydrogen-bond donors (Lipinski definition) is 0. The van der Waals surface area contributed by atoms with E-state index in [1.54, 1.807) is 23.5 Å². The van der Waals surface area contributed by atoms with Gasteiger partial charge in [-0.05, 0) is 29.6 Å². The second-order valence-corrected chi connectivity index (χ2v) is 6.14. The predicted octanol–water partition coefficient (Wildman–Crippen LogP) is 4.22. The molecule has 23 heavy (non-hydrogen) atoms. The largest absolute Gasteiger partial charge is 0.417 e. The van der Waals surface area contributed by atoms with Gasteiger partial charge in [0.1, 0.15) is 6.10 Å². The van der Waals surface area contributed by atoms with Crippen LogP contribution in [0.3, 0.4) is 0 Å². The lowest BCUT2D eigenvalue weighted by molar-refractivity contribution is -0.137. The molecule has 0 radical (unpaired) electrons. The Morgan fingerprint density at radius 1 is 1.30 bits per heavy atom. The van der Waals surface area contributed by atoms with Gasteiger partial charge in [0.25, 0.3) is 0 Å². The molecule has 1 saturated heterocycles. The van der Waals surface area contributed by atoms with Gasteiger partial charge in [0.05, 0.1) is 23.8 Å². The zero-order chi connectivity index (χ0) is 16.4. The van der Waals surface area contributed by atoms with Crippen LogP contribution in [-0.2, 0) is 10.9 Å². The molecule has 0 spiro atoms. The molecule has 3 nitrogen and oxygen atoms in total. The van der Waals surface area contributed by atoms with Crippen molar-refractivity contribution in [2.45, 2.75) is 12.3 Å². The van der Waals surface area contributed by atoms with Crippen LogP contribution in [0.15, 0.2) is 35.7 Å². The molecule has 0 saturated carbocycles. The Morgan fingerprint density at radius 3 is 2.78 bits per heavy atom. The number of rotatable bonds is 2. The van der Waals surface area contributed by atoms with E-state index in [2.05, 4.69) is 0 Å². The third kappa shape index (κ3) is 3.33. The van der Waals surface area contributed by atoms with Gasteiger partial charge in [0.15, 0.2) is 0 Å². The Hall–Kier alpha value is -2.04. The zero-order valence-corrected chi connectivity index (χ0v) is 12.8. The number of halogens is 3. The van der Waals surface area contributed by atoms with E-state index in [1.807, 2.05) is 22.4 Å². The van der Waals surface area contributed by atoms with Gasteiger partial charge in [-0.2, -0.15) is 18.4 Å². The number of thiophene rings is 1. The van der Waals surface area contributed by atoms with Crippen molar-refractivity contribution in [2.24, 2.45) is 0 Å². The normalized spacial score (nSPS) is 18.7. The van der Waals surface area contributed by atoms with E-state index in [4.69, 9.17) is 10.00 Å². The molecule has 0 aliphatic carbocycles. The molecule has 1 aliphatic heterocycles. The fraction of sp³-hybridized carbons (Fsp3) is 0.312. The Morgan fingerprint density at radius 2 is 2.13 bits per heavy atom. The maximum absolute atomic E-state index is 13.1. The molecule has 1 aromatic carbocycles. The molecule has 2 aromatic rings. The molecule has 1 atom stereocenters. The Balaban J connectivity index is 1.88. The lowest BCUT2D eigenvalue weighted by atomic mass is 10.1. The van der Waals surface area contributed by atoms with Crippen molar-refractivity contribution in [2.75, 3.05) is 24.6 Å². The fourth-order valence-electron chi connectivity index (χ4n) is 2.59. The maximum atomic E-state index is 13.1. The van der Waals surface area contributed by atoms with Crippen molar-refractivity contribution >= 4 is 17.0 Å². The van der Waals surface area contributed by atoms with E-state index in [9.17, 15) is 13.2 Å². The average Bonchev–Trinajstić information content (AvgIpc) is 3.08. The predicted molar refractivity (Wildman–Crippen MR) is 81.4 cm³/mol. The minimum Gasteiger partial charge on any atom is -0.369 e. The standard InChI is InChI=1S/C16H13F3N2OS/c17-16(18,19)13-8-12(4-3-11(13)9-20)21-5-6-22-14(10-21)15-2-1-7-23-15/h1-4,7-8,14H,5-6,10H2. The molecular formula is C16H13F3N2OS. The second-order valence-electron chi connectivity index (χ2n) is 5.16. The van der Waals surface area contributed by atoms with Crippen molar-refractivity contribution in [1.29, 1.82) is 5.26 Å². The zero-order valence-electron chi connectivity index (χ0n) is 12.0. The first-order valence-corrected chi connectivity index (χ1v) is 7.88. The van der Waals surface area contributed by atoms with Gasteiger partial charge >= 0.3 is 6.18 Å². The van der Waals surface area contributed by atoms with Crippen LogP contribution in [0.5, 0.6) is 0 Å². The summed E-state index contributed by atoms with van der Waals surface area (Å²) in [4.78, 5) is 2.92. The maximum Gasteiger partial charge on any atom is 0.417 e. The summed E-state index contributed by atoms with van der Waals surface area (Å²) in [7, 11) is 0. The van der Waals surface area contributed by atoms with Crippen LogP contribution in [0, 0.1) is 11.3 Å².